The Morgan fingerprint density at radius 2 is 1.96 bits per heavy atom. The second kappa shape index (κ2) is 6.27. The third-order valence-corrected chi connectivity index (χ3v) is 4.20. The van der Waals surface area contributed by atoms with Crippen molar-refractivity contribution in [2.75, 3.05) is 37.6 Å². The van der Waals surface area contributed by atoms with Gasteiger partial charge in [0.2, 0.25) is 5.95 Å². The summed E-state index contributed by atoms with van der Waals surface area (Å²) >= 11 is 0. The van der Waals surface area contributed by atoms with E-state index in [0.29, 0.717) is 5.82 Å². The summed E-state index contributed by atoms with van der Waals surface area (Å²) in [5.74, 6) is 2.18. The molecule has 3 rings (SSSR count). The maximum absolute atomic E-state index is 6.04. The largest absolute Gasteiger partial charge is 0.497 e. The third kappa shape index (κ3) is 2.80. The Morgan fingerprint density at radius 3 is 2.67 bits per heavy atom. The number of nitrogen functional groups attached to an aromatic ring is 2. The van der Waals surface area contributed by atoms with Gasteiger partial charge in [0.05, 0.1) is 26.0 Å². The Bertz CT molecular complexity index is 791. The SMILES string of the molecule is COc1ccc(OC)c(CC2C=Cc3nc(N)nc(N)c3N2C)c1. The molecule has 1 unspecified atom stereocenters. The van der Waals surface area contributed by atoms with Gasteiger partial charge in [0.15, 0.2) is 5.82 Å². The number of aromatic nitrogens is 2. The second-order valence-electron chi connectivity index (χ2n) is 5.62. The van der Waals surface area contributed by atoms with Crippen molar-refractivity contribution >= 4 is 23.5 Å². The zero-order valence-electron chi connectivity index (χ0n) is 14.0. The Morgan fingerprint density at radius 1 is 1.17 bits per heavy atom. The van der Waals surface area contributed by atoms with Gasteiger partial charge in [0, 0.05) is 19.0 Å². The number of fused-ring (bicyclic) bond motifs is 1. The van der Waals surface area contributed by atoms with Crippen LogP contribution in [0.2, 0.25) is 0 Å². The van der Waals surface area contributed by atoms with E-state index in [1.54, 1.807) is 14.2 Å². The summed E-state index contributed by atoms with van der Waals surface area (Å²) in [4.78, 5) is 10.4. The molecule has 2 heterocycles. The Hall–Kier alpha value is -2.96. The molecule has 7 nitrogen and oxygen atoms in total. The molecule has 0 saturated heterocycles. The number of anilines is 3. The van der Waals surface area contributed by atoms with Gasteiger partial charge in [-0.05, 0) is 24.3 Å². The summed E-state index contributed by atoms with van der Waals surface area (Å²) in [6, 6.07) is 5.87. The van der Waals surface area contributed by atoms with Crippen LogP contribution in [0.1, 0.15) is 11.3 Å². The molecule has 0 fully saturated rings. The molecular formula is C17H21N5O2. The van der Waals surface area contributed by atoms with Crippen LogP contribution in [0.3, 0.4) is 0 Å². The van der Waals surface area contributed by atoms with E-state index in [-0.39, 0.29) is 12.0 Å². The lowest BCUT2D eigenvalue weighted by Crippen LogP contribution is -2.35. The summed E-state index contributed by atoms with van der Waals surface area (Å²) in [5, 5.41) is 0. The van der Waals surface area contributed by atoms with E-state index in [2.05, 4.69) is 20.9 Å². The van der Waals surface area contributed by atoms with Crippen LogP contribution < -0.4 is 25.8 Å². The van der Waals surface area contributed by atoms with Gasteiger partial charge < -0.3 is 25.8 Å². The number of likely N-dealkylation sites (N-methyl/N-ethyl adjacent to an activating group) is 1. The minimum atomic E-state index is 0.0908. The van der Waals surface area contributed by atoms with Crippen LogP contribution in [0, 0.1) is 0 Å². The van der Waals surface area contributed by atoms with Crippen LogP contribution in [0.25, 0.3) is 6.08 Å². The first-order valence-electron chi connectivity index (χ1n) is 7.58. The minimum Gasteiger partial charge on any atom is -0.497 e. The molecule has 0 radical (unpaired) electrons. The van der Waals surface area contributed by atoms with E-state index in [4.69, 9.17) is 20.9 Å². The van der Waals surface area contributed by atoms with Crippen molar-refractivity contribution in [1.29, 1.82) is 0 Å². The van der Waals surface area contributed by atoms with E-state index < -0.39 is 0 Å². The number of nitrogens with two attached hydrogens (primary N) is 2. The molecule has 1 aliphatic rings. The minimum absolute atomic E-state index is 0.0908. The summed E-state index contributed by atoms with van der Waals surface area (Å²) in [5.41, 5.74) is 14.3. The zero-order chi connectivity index (χ0) is 17.3. The molecule has 0 amide bonds. The number of hydrogen-bond donors (Lipinski definition) is 2. The molecule has 2 aromatic rings. The predicted octanol–water partition coefficient (Wildman–Crippen LogP) is 1.73. The lowest BCUT2D eigenvalue weighted by Gasteiger charge is -2.32. The van der Waals surface area contributed by atoms with Gasteiger partial charge in [-0.1, -0.05) is 6.08 Å². The average molecular weight is 327 g/mol. The van der Waals surface area contributed by atoms with Gasteiger partial charge in [-0.15, -0.1) is 0 Å². The lowest BCUT2D eigenvalue weighted by molar-refractivity contribution is 0.398. The van der Waals surface area contributed by atoms with E-state index in [1.807, 2.05) is 31.3 Å². The van der Waals surface area contributed by atoms with Crippen LogP contribution in [-0.2, 0) is 6.42 Å². The van der Waals surface area contributed by atoms with Gasteiger partial charge >= 0.3 is 0 Å². The fraction of sp³-hybridized carbons (Fsp3) is 0.294. The van der Waals surface area contributed by atoms with Gasteiger partial charge in [-0.25, -0.2) is 4.98 Å². The van der Waals surface area contributed by atoms with Crippen molar-refractivity contribution < 1.29 is 9.47 Å². The monoisotopic (exact) mass is 327 g/mol. The topological polar surface area (TPSA) is 99.5 Å². The number of benzene rings is 1. The Kier molecular flexibility index (Phi) is 4.16. The number of hydrogen-bond acceptors (Lipinski definition) is 7. The fourth-order valence-electron chi connectivity index (χ4n) is 2.96. The quantitative estimate of drug-likeness (QED) is 0.882. The van der Waals surface area contributed by atoms with E-state index in [0.717, 1.165) is 34.9 Å². The lowest BCUT2D eigenvalue weighted by atomic mass is 9.99. The highest BCUT2D eigenvalue weighted by molar-refractivity contribution is 5.78. The van der Waals surface area contributed by atoms with Crippen molar-refractivity contribution in [2.45, 2.75) is 12.5 Å². The highest BCUT2D eigenvalue weighted by atomic mass is 16.5. The summed E-state index contributed by atoms with van der Waals surface area (Å²) in [6.45, 7) is 0. The third-order valence-electron chi connectivity index (χ3n) is 4.20. The van der Waals surface area contributed by atoms with Crippen molar-refractivity contribution in [3.63, 3.8) is 0 Å². The van der Waals surface area contributed by atoms with Gasteiger partial charge in [0.25, 0.3) is 0 Å². The fourth-order valence-corrected chi connectivity index (χ4v) is 2.96. The van der Waals surface area contributed by atoms with Crippen molar-refractivity contribution in [1.82, 2.24) is 9.97 Å². The summed E-state index contributed by atoms with van der Waals surface area (Å²) in [6.07, 6.45) is 4.74. The Balaban J connectivity index is 1.93. The molecule has 1 aliphatic heterocycles. The second-order valence-corrected chi connectivity index (χ2v) is 5.62. The normalized spacial score (nSPS) is 16.0. The molecule has 1 atom stereocenters. The molecule has 126 valence electrons. The first-order valence-corrected chi connectivity index (χ1v) is 7.58. The number of methoxy groups -OCH3 is 2. The van der Waals surface area contributed by atoms with E-state index >= 15 is 0 Å². The molecule has 7 heteroatoms. The molecule has 1 aromatic heterocycles. The maximum atomic E-state index is 6.04. The van der Waals surface area contributed by atoms with Gasteiger partial charge in [0.1, 0.15) is 17.2 Å². The van der Waals surface area contributed by atoms with Gasteiger partial charge in [-0.2, -0.15) is 4.98 Å². The first kappa shape index (κ1) is 15.9. The van der Waals surface area contributed by atoms with Crippen molar-refractivity contribution in [2.24, 2.45) is 0 Å². The molecular weight excluding hydrogens is 306 g/mol. The van der Waals surface area contributed by atoms with Crippen LogP contribution in [0.5, 0.6) is 11.5 Å². The molecule has 24 heavy (non-hydrogen) atoms. The molecule has 0 bridgehead atoms. The highest BCUT2D eigenvalue weighted by Gasteiger charge is 2.25. The van der Waals surface area contributed by atoms with Crippen LogP contribution in [-0.4, -0.2) is 37.3 Å². The Labute approximate surface area is 140 Å². The molecule has 1 aromatic carbocycles. The van der Waals surface area contributed by atoms with E-state index in [9.17, 15) is 0 Å². The smallest absolute Gasteiger partial charge is 0.222 e. The van der Waals surface area contributed by atoms with Crippen LogP contribution in [0.4, 0.5) is 17.5 Å². The van der Waals surface area contributed by atoms with Crippen LogP contribution >= 0.6 is 0 Å². The van der Waals surface area contributed by atoms with Gasteiger partial charge in [-0.3, -0.25) is 0 Å². The zero-order valence-corrected chi connectivity index (χ0v) is 14.0. The van der Waals surface area contributed by atoms with Crippen molar-refractivity contribution in [3.05, 3.63) is 35.5 Å². The highest BCUT2D eigenvalue weighted by Crippen LogP contribution is 2.34. The average Bonchev–Trinajstić information content (AvgIpc) is 2.56. The van der Waals surface area contributed by atoms with E-state index in [1.165, 1.54) is 0 Å². The molecule has 4 N–H and O–H groups in total. The number of rotatable bonds is 4. The van der Waals surface area contributed by atoms with Crippen molar-refractivity contribution in [3.8, 4) is 11.5 Å². The first-order chi connectivity index (χ1) is 11.5. The molecule has 0 saturated carbocycles. The standard InChI is InChI=1S/C17H21N5O2/c1-22-11(4-6-13-15(22)16(18)21-17(19)20-13)8-10-9-12(23-2)5-7-14(10)24-3/h4-7,9,11H,8H2,1-3H3,(H4,18,19,20,21). The number of ether oxygens (including phenoxy) is 2. The predicted molar refractivity (Wildman–Crippen MR) is 95.3 cm³/mol. The summed E-state index contributed by atoms with van der Waals surface area (Å²) < 4.78 is 10.8. The maximum Gasteiger partial charge on any atom is 0.222 e. The molecule has 0 spiro atoms. The van der Waals surface area contributed by atoms with Crippen LogP contribution in [0.15, 0.2) is 24.3 Å². The summed E-state index contributed by atoms with van der Waals surface area (Å²) in [7, 11) is 5.28. The number of nitrogens with zero attached hydrogens (tertiary/aromatic N) is 3. The molecule has 0 aliphatic carbocycles.